The lowest BCUT2D eigenvalue weighted by atomic mass is 9.99. The molecule has 1 heterocycles. The first-order valence-corrected chi connectivity index (χ1v) is 8.81. The molecular formula is C13H24N2O2S2. The Balaban J connectivity index is 2.82. The van der Waals surface area contributed by atoms with Crippen LogP contribution in [0.5, 0.6) is 0 Å². The normalized spacial score (nSPS) is 14.0. The third kappa shape index (κ3) is 4.56. The van der Waals surface area contributed by atoms with E-state index in [1.54, 1.807) is 6.07 Å². The van der Waals surface area contributed by atoms with Gasteiger partial charge in [-0.3, -0.25) is 0 Å². The molecule has 0 amide bonds. The SMILES string of the molecule is CNCc1cc(S(=O)(=O)NCC(C)C(C)C)c(C)s1. The zero-order valence-electron chi connectivity index (χ0n) is 12.3. The number of hydrogen-bond acceptors (Lipinski definition) is 4. The van der Waals surface area contributed by atoms with Gasteiger partial charge in [-0.2, -0.15) is 0 Å². The minimum atomic E-state index is -3.38. The molecule has 1 rings (SSSR count). The summed E-state index contributed by atoms with van der Waals surface area (Å²) in [5.41, 5.74) is 0. The van der Waals surface area contributed by atoms with Crippen LogP contribution in [0.4, 0.5) is 0 Å². The molecule has 110 valence electrons. The Kier molecular flexibility index (Phi) is 5.98. The second-order valence-corrected chi connectivity index (χ2v) is 8.31. The molecule has 0 aliphatic rings. The summed E-state index contributed by atoms with van der Waals surface area (Å²) in [6.07, 6.45) is 0. The molecule has 6 heteroatoms. The summed E-state index contributed by atoms with van der Waals surface area (Å²) in [6.45, 7) is 9.28. The Bertz CT molecular complexity index is 507. The zero-order valence-corrected chi connectivity index (χ0v) is 13.9. The summed E-state index contributed by atoms with van der Waals surface area (Å²) in [7, 11) is -1.53. The quantitative estimate of drug-likeness (QED) is 0.813. The second kappa shape index (κ2) is 6.83. The smallest absolute Gasteiger partial charge is 0.241 e. The summed E-state index contributed by atoms with van der Waals surface area (Å²) in [5, 5.41) is 3.04. The predicted octanol–water partition coefficient (Wildman–Crippen LogP) is 2.35. The van der Waals surface area contributed by atoms with Crippen LogP contribution in [0.25, 0.3) is 0 Å². The van der Waals surface area contributed by atoms with Gasteiger partial charge in [-0.1, -0.05) is 20.8 Å². The van der Waals surface area contributed by atoms with Gasteiger partial charge < -0.3 is 5.32 Å². The van der Waals surface area contributed by atoms with E-state index in [1.807, 2.05) is 14.0 Å². The van der Waals surface area contributed by atoms with Crippen LogP contribution < -0.4 is 10.0 Å². The van der Waals surface area contributed by atoms with Crippen LogP contribution in [-0.4, -0.2) is 22.0 Å². The first kappa shape index (κ1) is 16.6. The van der Waals surface area contributed by atoms with Crippen molar-refractivity contribution < 1.29 is 8.42 Å². The van der Waals surface area contributed by atoms with Crippen molar-refractivity contribution in [2.75, 3.05) is 13.6 Å². The Labute approximate surface area is 120 Å². The monoisotopic (exact) mass is 304 g/mol. The lowest BCUT2D eigenvalue weighted by Gasteiger charge is -2.16. The molecule has 0 saturated carbocycles. The molecule has 1 aromatic heterocycles. The van der Waals surface area contributed by atoms with Gasteiger partial charge in [-0.15, -0.1) is 11.3 Å². The molecule has 0 aliphatic carbocycles. The van der Waals surface area contributed by atoms with Crippen LogP contribution in [0.2, 0.25) is 0 Å². The van der Waals surface area contributed by atoms with Gasteiger partial charge in [0.1, 0.15) is 0 Å². The molecule has 2 N–H and O–H groups in total. The van der Waals surface area contributed by atoms with E-state index in [0.717, 1.165) is 9.75 Å². The summed E-state index contributed by atoms with van der Waals surface area (Å²) in [5.74, 6) is 0.789. The first-order valence-electron chi connectivity index (χ1n) is 6.51. The fourth-order valence-electron chi connectivity index (χ4n) is 1.61. The Morgan fingerprint density at radius 3 is 2.47 bits per heavy atom. The van der Waals surface area contributed by atoms with E-state index in [4.69, 9.17) is 0 Å². The molecule has 0 saturated heterocycles. The van der Waals surface area contributed by atoms with E-state index >= 15 is 0 Å². The fraction of sp³-hybridized carbons (Fsp3) is 0.692. The first-order chi connectivity index (χ1) is 8.77. The Morgan fingerprint density at radius 1 is 1.32 bits per heavy atom. The Morgan fingerprint density at radius 2 is 1.95 bits per heavy atom. The zero-order chi connectivity index (χ0) is 14.6. The summed E-state index contributed by atoms with van der Waals surface area (Å²) < 4.78 is 27.3. The van der Waals surface area contributed by atoms with Crippen LogP contribution in [0.3, 0.4) is 0 Å². The van der Waals surface area contributed by atoms with Gasteiger partial charge in [0, 0.05) is 22.8 Å². The van der Waals surface area contributed by atoms with Gasteiger partial charge >= 0.3 is 0 Å². The number of thiophene rings is 1. The molecule has 1 unspecified atom stereocenters. The van der Waals surface area contributed by atoms with E-state index in [-0.39, 0.29) is 0 Å². The molecule has 1 atom stereocenters. The highest BCUT2D eigenvalue weighted by molar-refractivity contribution is 7.89. The molecule has 0 aromatic carbocycles. The van der Waals surface area contributed by atoms with Crippen molar-refractivity contribution in [2.24, 2.45) is 11.8 Å². The number of nitrogens with one attached hydrogen (secondary N) is 2. The number of hydrogen-bond donors (Lipinski definition) is 2. The summed E-state index contributed by atoms with van der Waals surface area (Å²) in [4.78, 5) is 2.30. The molecule has 0 spiro atoms. The van der Waals surface area contributed by atoms with Crippen molar-refractivity contribution >= 4 is 21.4 Å². The standard InChI is InChI=1S/C13H24N2O2S2/c1-9(2)10(3)7-15-19(16,17)13-6-12(8-14-5)18-11(13)4/h6,9-10,14-15H,7-8H2,1-5H3. The molecule has 4 nitrogen and oxygen atoms in total. The lowest BCUT2D eigenvalue weighted by Crippen LogP contribution is -2.30. The second-order valence-electron chi connectivity index (χ2n) is 5.24. The number of sulfonamides is 1. The van der Waals surface area contributed by atoms with Gasteiger partial charge in [0.25, 0.3) is 0 Å². The minimum Gasteiger partial charge on any atom is -0.315 e. The molecule has 19 heavy (non-hydrogen) atoms. The molecular weight excluding hydrogens is 280 g/mol. The predicted molar refractivity (Wildman–Crippen MR) is 81.0 cm³/mol. The highest BCUT2D eigenvalue weighted by Gasteiger charge is 2.20. The van der Waals surface area contributed by atoms with Crippen LogP contribution in [-0.2, 0) is 16.6 Å². The van der Waals surface area contributed by atoms with E-state index in [2.05, 4.69) is 30.8 Å². The van der Waals surface area contributed by atoms with Gasteiger partial charge in [0.05, 0.1) is 4.90 Å². The van der Waals surface area contributed by atoms with Gasteiger partial charge in [-0.05, 0) is 31.9 Å². The third-order valence-corrected chi connectivity index (χ3v) is 6.03. The van der Waals surface area contributed by atoms with E-state index < -0.39 is 10.0 Å². The van der Waals surface area contributed by atoms with Gasteiger partial charge in [0.2, 0.25) is 10.0 Å². The van der Waals surface area contributed by atoms with E-state index in [9.17, 15) is 8.42 Å². The third-order valence-electron chi connectivity index (χ3n) is 3.30. The highest BCUT2D eigenvalue weighted by atomic mass is 32.2. The molecule has 1 aromatic rings. The number of aryl methyl sites for hydroxylation is 1. The average molecular weight is 304 g/mol. The van der Waals surface area contributed by atoms with Crippen LogP contribution in [0.15, 0.2) is 11.0 Å². The highest BCUT2D eigenvalue weighted by Crippen LogP contribution is 2.25. The molecule has 0 fully saturated rings. The maximum absolute atomic E-state index is 12.3. The van der Waals surface area contributed by atoms with E-state index in [0.29, 0.717) is 29.8 Å². The summed E-state index contributed by atoms with van der Waals surface area (Å²) in [6, 6.07) is 1.76. The molecule has 0 bridgehead atoms. The lowest BCUT2D eigenvalue weighted by molar-refractivity contribution is 0.414. The van der Waals surface area contributed by atoms with Crippen molar-refractivity contribution in [2.45, 2.75) is 39.1 Å². The van der Waals surface area contributed by atoms with Crippen molar-refractivity contribution in [3.63, 3.8) is 0 Å². The summed E-state index contributed by atoms with van der Waals surface area (Å²) >= 11 is 1.52. The topological polar surface area (TPSA) is 58.2 Å². The minimum absolute atomic E-state index is 0.325. The average Bonchev–Trinajstić information content (AvgIpc) is 2.68. The maximum atomic E-state index is 12.3. The van der Waals surface area contributed by atoms with Gasteiger partial charge in [-0.25, -0.2) is 13.1 Å². The van der Waals surface area contributed by atoms with E-state index in [1.165, 1.54) is 11.3 Å². The number of rotatable bonds is 7. The van der Waals surface area contributed by atoms with Gasteiger partial charge in [0.15, 0.2) is 0 Å². The fourth-order valence-corrected chi connectivity index (χ4v) is 4.40. The maximum Gasteiger partial charge on any atom is 0.241 e. The van der Waals surface area contributed by atoms with Crippen molar-refractivity contribution in [3.8, 4) is 0 Å². The van der Waals surface area contributed by atoms with Crippen LogP contribution in [0.1, 0.15) is 30.5 Å². The van der Waals surface area contributed by atoms with Crippen molar-refractivity contribution in [3.05, 3.63) is 15.8 Å². The van der Waals surface area contributed by atoms with Crippen molar-refractivity contribution in [1.29, 1.82) is 0 Å². The van der Waals surface area contributed by atoms with Crippen molar-refractivity contribution in [1.82, 2.24) is 10.0 Å². The van der Waals surface area contributed by atoms with Crippen LogP contribution in [0, 0.1) is 18.8 Å². The largest absolute Gasteiger partial charge is 0.315 e. The molecule has 0 aliphatic heterocycles. The Hall–Kier alpha value is -0.430. The van der Waals surface area contributed by atoms with Crippen LogP contribution >= 0.6 is 11.3 Å². The molecule has 0 radical (unpaired) electrons.